The number of carbonyl (C=O) groups is 4. The average Bonchev–Trinajstić information content (AvgIpc) is 3.29. The number of amides is 2. The van der Waals surface area contributed by atoms with Crippen LogP contribution in [0.3, 0.4) is 0 Å². The maximum absolute atomic E-state index is 12.8. The van der Waals surface area contributed by atoms with Crippen molar-refractivity contribution in [3.05, 3.63) is 20.2 Å². The molecule has 0 saturated carbocycles. The zero-order valence-electron chi connectivity index (χ0n) is 19.4. The molecule has 1 heterocycles. The Balaban J connectivity index is 2.29. The molecule has 2 amide bonds. The molecule has 0 aromatic heterocycles. The number of rotatable bonds is 17. The van der Waals surface area contributed by atoms with Gasteiger partial charge in [0.15, 0.2) is 0 Å². The molecule has 1 aliphatic heterocycles. The summed E-state index contributed by atoms with van der Waals surface area (Å²) in [6, 6.07) is -0.739. The number of likely N-dealkylation sites (tertiary alicyclic amines) is 1. The standard InChI is InChI=1S/C19H30N4O11S/c1-14(13-35-17(25)12-20-16(24)7-2-3-10-33-22(28)29)18(26)21-8-4-6-15(21)19(27)32-9-5-11-34-23(30)31/h14-15H,2-13H2,1H3,(H,20,24)/t14-,15+/m1/s1. The largest absolute Gasteiger partial charge is 0.464 e. The van der Waals surface area contributed by atoms with Gasteiger partial charge in [-0.15, -0.1) is 20.2 Å². The van der Waals surface area contributed by atoms with Crippen molar-refractivity contribution in [3.63, 3.8) is 0 Å². The third kappa shape index (κ3) is 12.8. The van der Waals surface area contributed by atoms with E-state index in [4.69, 9.17) is 4.74 Å². The molecule has 35 heavy (non-hydrogen) atoms. The van der Waals surface area contributed by atoms with Crippen molar-refractivity contribution in [2.24, 2.45) is 5.92 Å². The smallest absolute Gasteiger partial charge is 0.328 e. The molecule has 1 fully saturated rings. The topological polar surface area (TPSA) is 198 Å². The third-order valence-corrected chi connectivity index (χ3v) is 6.01. The van der Waals surface area contributed by atoms with E-state index in [-0.39, 0.29) is 61.9 Å². The molecule has 1 aliphatic rings. The predicted octanol–water partition coefficient (Wildman–Crippen LogP) is 0.510. The summed E-state index contributed by atoms with van der Waals surface area (Å²) in [6.45, 7) is 1.45. The summed E-state index contributed by atoms with van der Waals surface area (Å²) in [4.78, 5) is 78.7. The number of hydrogen-bond donors (Lipinski definition) is 1. The van der Waals surface area contributed by atoms with Crippen LogP contribution in [-0.2, 0) is 33.6 Å². The highest BCUT2D eigenvalue weighted by molar-refractivity contribution is 8.13. The molecule has 15 nitrogen and oxygen atoms in total. The Morgan fingerprint density at radius 1 is 1.06 bits per heavy atom. The van der Waals surface area contributed by atoms with Crippen LogP contribution in [-0.4, -0.2) is 82.7 Å². The molecule has 0 spiro atoms. The molecule has 0 bridgehead atoms. The van der Waals surface area contributed by atoms with E-state index in [0.29, 0.717) is 32.2 Å². The quantitative estimate of drug-likeness (QED) is 0.120. The molecule has 16 heteroatoms. The Bertz CT molecular complexity index is 767. The van der Waals surface area contributed by atoms with E-state index in [1.165, 1.54) is 4.90 Å². The Morgan fingerprint density at radius 2 is 1.71 bits per heavy atom. The first-order valence-electron chi connectivity index (χ1n) is 11.1. The summed E-state index contributed by atoms with van der Waals surface area (Å²) < 4.78 is 5.10. The highest BCUT2D eigenvalue weighted by atomic mass is 32.2. The maximum atomic E-state index is 12.8. The van der Waals surface area contributed by atoms with Gasteiger partial charge < -0.3 is 24.6 Å². The van der Waals surface area contributed by atoms with E-state index >= 15 is 0 Å². The molecule has 1 N–H and O–H groups in total. The van der Waals surface area contributed by atoms with E-state index in [0.717, 1.165) is 11.8 Å². The Morgan fingerprint density at radius 3 is 2.37 bits per heavy atom. The second-order valence-electron chi connectivity index (χ2n) is 7.64. The molecular formula is C19H30N4O11S. The van der Waals surface area contributed by atoms with Crippen LogP contribution in [0.2, 0.25) is 0 Å². The fourth-order valence-electron chi connectivity index (χ4n) is 3.15. The highest BCUT2D eigenvalue weighted by Crippen LogP contribution is 2.22. The van der Waals surface area contributed by atoms with Crippen LogP contribution < -0.4 is 5.32 Å². The number of unbranched alkanes of at least 4 members (excludes halogenated alkanes) is 1. The number of ether oxygens (including phenoxy) is 1. The molecule has 2 atom stereocenters. The predicted molar refractivity (Wildman–Crippen MR) is 120 cm³/mol. The van der Waals surface area contributed by atoms with Crippen LogP contribution in [0.5, 0.6) is 0 Å². The van der Waals surface area contributed by atoms with E-state index in [2.05, 4.69) is 15.0 Å². The van der Waals surface area contributed by atoms with E-state index in [9.17, 15) is 39.4 Å². The lowest BCUT2D eigenvalue weighted by molar-refractivity contribution is -0.757. The van der Waals surface area contributed by atoms with Crippen molar-refractivity contribution >= 4 is 34.7 Å². The van der Waals surface area contributed by atoms with Crippen molar-refractivity contribution in [1.82, 2.24) is 10.2 Å². The number of nitrogens with zero attached hydrogens (tertiary/aromatic N) is 3. The summed E-state index contributed by atoms with van der Waals surface area (Å²) in [6.07, 6.45) is 2.02. The van der Waals surface area contributed by atoms with Gasteiger partial charge in [0.05, 0.1) is 26.4 Å². The van der Waals surface area contributed by atoms with Crippen molar-refractivity contribution in [2.75, 3.05) is 38.7 Å². The summed E-state index contributed by atoms with van der Waals surface area (Å²) in [5.74, 6) is -1.62. The van der Waals surface area contributed by atoms with Gasteiger partial charge in [-0.1, -0.05) is 18.7 Å². The molecule has 0 radical (unpaired) electrons. The van der Waals surface area contributed by atoms with Gasteiger partial charge in [0.1, 0.15) is 6.04 Å². The summed E-state index contributed by atoms with van der Waals surface area (Å²) in [7, 11) is 0. The fourth-order valence-corrected chi connectivity index (χ4v) is 3.90. The van der Waals surface area contributed by atoms with Gasteiger partial charge >= 0.3 is 5.97 Å². The van der Waals surface area contributed by atoms with Crippen molar-refractivity contribution in [2.45, 2.75) is 51.5 Å². The van der Waals surface area contributed by atoms with E-state index in [1.54, 1.807) is 6.92 Å². The Hall–Kier alpha value is -3.17. The van der Waals surface area contributed by atoms with Gasteiger partial charge in [-0.25, -0.2) is 4.79 Å². The van der Waals surface area contributed by atoms with Gasteiger partial charge in [0.2, 0.25) is 16.9 Å². The SMILES string of the molecule is C[C@H](CSC(=O)CNC(=O)CCCCO[N+](=O)[O-])C(=O)N1CCC[C@H]1C(=O)OCCCO[N+](=O)[O-]. The average molecular weight is 523 g/mol. The minimum atomic E-state index is -0.932. The third-order valence-electron chi connectivity index (χ3n) is 4.88. The number of thioether (sulfide) groups is 1. The van der Waals surface area contributed by atoms with Crippen molar-refractivity contribution < 1.29 is 43.8 Å². The second-order valence-corrected chi connectivity index (χ2v) is 8.72. The zero-order chi connectivity index (χ0) is 26.2. The van der Waals surface area contributed by atoms with Crippen molar-refractivity contribution in [1.29, 1.82) is 0 Å². The normalized spacial score (nSPS) is 15.7. The maximum Gasteiger partial charge on any atom is 0.328 e. The van der Waals surface area contributed by atoms with E-state index in [1.807, 2.05) is 0 Å². The van der Waals surface area contributed by atoms with Crippen LogP contribution in [0.25, 0.3) is 0 Å². The first kappa shape index (κ1) is 29.9. The number of nitrogens with one attached hydrogen (secondary N) is 1. The molecule has 0 aliphatic carbocycles. The van der Waals surface area contributed by atoms with Gasteiger partial charge in [0.25, 0.3) is 10.2 Å². The molecule has 0 aromatic rings. The molecule has 1 saturated heterocycles. The summed E-state index contributed by atoms with van der Waals surface area (Å²) in [5.41, 5.74) is 0. The monoisotopic (exact) mass is 522 g/mol. The van der Waals surface area contributed by atoms with Gasteiger partial charge in [-0.05, 0) is 25.7 Å². The van der Waals surface area contributed by atoms with Crippen LogP contribution in [0, 0.1) is 26.1 Å². The van der Waals surface area contributed by atoms with Gasteiger partial charge in [-0.2, -0.15) is 0 Å². The lowest BCUT2D eigenvalue weighted by Gasteiger charge is -2.26. The Kier molecular flexibility index (Phi) is 14.0. The molecule has 198 valence electrons. The van der Waals surface area contributed by atoms with Crippen LogP contribution >= 0.6 is 11.8 Å². The molecule has 1 rings (SSSR count). The molecule has 0 aromatic carbocycles. The fraction of sp³-hybridized carbons (Fsp3) is 0.789. The Labute approximate surface area is 205 Å². The summed E-state index contributed by atoms with van der Waals surface area (Å²) >= 11 is 0.899. The van der Waals surface area contributed by atoms with Gasteiger partial charge in [0, 0.05) is 31.1 Å². The number of hydrogen-bond acceptors (Lipinski definition) is 12. The number of esters is 1. The van der Waals surface area contributed by atoms with Gasteiger partial charge in [-0.3, -0.25) is 14.4 Å². The van der Waals surface area contributed by atoms with Crippen LogP contribution in [0.4, 0.5) is 0 Å². The van der Waals surface area contributed by atoms with Crippen LogP contribution in [0.1, 0.15) is 45.4 Å². The minimum Gasteiger partial charge on any atom is -0.464 e. The minimum absolute atomic E-state index is 0.0660. The van der Waals surface area contributed by atoms with E-state index < -0.39 is 28.1 Å². The zero-order valence-corrected chi connectivity index (χ0v) is 20.2. The number of carbonyl (C=O) groups excluding carboxylic acids is 4. The lowest BCUT2D eigenvalue weighted by atomic mass is 10.1. The summed E-state index contributed by atoms with van der Waals surface area (Å²) in [5, 5.41) is 20.4. The second kappa shape index (κ2) is 16.5. The molecule has 0 unspecified atom stereocenters. The first-order chi connectivity index (χ1) is 16.6. The van der Waals surface area contributed by atoms with Crippen LogP contribution in [0.15, 0.2) is 0 Å². The van der Waals surface area contributed by atoms with Crippen molar-refractivity contribution in [3.8, 4) is 0 Å². The highest BCUT2D eigenvalue weighted by Gasteiger charge is 2.37. The first-order valence-corrected chi connectivity index (χ1v) is 12.0. The lowest BCUT2D eigenvalue weighted by Crippen LogP contribution is -2.44. The molecular weight excluding hydrogens is 492 g/mol.